The number of hydrogen-bond acceptors (Lipinski definition) is 4. The number of carboxylic acid groups (broad SMARTS) is 1. The van der Waals surface area contributed by atoms with Crippen molar-refractivity contribution in [3.8, 4) is 0 Å². The Hall–Kier alpha value is -3.94. The van der Waals surface area contributed by atoms with E-state index in [1.807, 2.05) is 54.7 Å². The Kier molecular flexibility index (Phi) is 4.81. The van der Waals surface area contributed by atoms with Gasteiger partial charge in [0.1, 0.15) is 11.6 Å². The van der Waals surface area contributed by atoms with Gasteiger partial charge in [-0.2, -0.15) is 0 Å². The lowest BCUT2D eigenvalue weighted by molar-refractivity contribution is -0.0645. The number of amides is 1. The van der Waals surface area contributed by atoms with E-state index in [-0.39, 0.29) is 6.42 Å². The number of H-pyrrole nitrogens is 2. The monoisotopic (exact) mass is 447 g/mol. The number of carbonyl (C=O) groups excluding carboxylic acids is 1. The molecule has 1 amide bonds. The predicted molar refractivity (Wildman–Crippen MR) is 123 cm³/mol. The fourth-order valence-corrected chi connectivity index (χ4v) is 4.63. The molecule has 33 heavy (non-hydrogen) atoms. The Bertz CT molecular complexity index is 1360. The van der Waals surface area contributed by atoms with E-state index < -0.39 is 30.1 Å². The summed E-state index contributed by atoms with van der Waals surface area (Å²) in [4.78, 5) is 33.2. The molecule has 0 aliphatic carbocycles. The summed E-state index contributed by atoms with van der Waals surface area (Å²) in [6, 6.07) is 15.0. The van der Waals surface area contributed by atoms with Crippen LogP contribution < -0.4 is 0 Å². The molecule has 0 bridgehead atoms. The highest BCUT2D eigenvalue weighted by atomic mass is 16.7. The van der Waals surface area contributed by atoms with Gasteiger partial charge in [-0.05, 0) is 38.5 Å². The van der Waals surface area contributed by atoms with Gasteiger partial charge in [-0.1, -0.05) is 36.4 Å². The SMILES string of the molecule is CC(C)(C)OC(=O)N1[C@@H](c2c[nH]c3ccccc23)c2[nH]c3ccccc3c2C[C@H]1OC(=O)O. The summed E-state index contributed by atoms with van der Waals surface area (Å²) in [5.41, 5.74) is 3.62. The largest absolute Gasteiger partial charge is 0.507 e. The van der Waals surface area contributed by atoms with E-state index in [1.165, 1.54) is 4.90 Å². The molecule has 0 fully saturated rings. The zero-order valence-electron chi connectivity index (χ0n) is 18.6. The molecule has 1 aliphatic heterocycles. The minimum Gasteiger partial charge on any atom is -0.450 e. The van der Waals surface area contributed by atoms with Gasteiger partial charge in [0.05, 0.1) is 0 Å². The highest BCUT2D eigenvalue weighted by Crippen LogP contribution is 2.43. The van der Waals surface area contributed by atoms with Crippen LogP contribution in [-0.2, 0) is 15.9 Å². The molecule has 2 aromatic heterocycles. The average Bonchev–Trinajstić information content (AvgIpc) is 3.32. The van der Waals surface area contributed by atoms with Crippen LogP contribution >= 0.6 is 0 Å². The van der Waals surface area contributed by atoms with Gasteiger partial charge in [0.2, 0.25) is 0 Å². The number of carbonyl (C=O) groups is 2. The summed E-state index contributed by atoms with van der Waals surface area (Å²) in [5, 5.41) is 11.4. The van der Waals surface area contributed by atoms with Crippen LogP contribution in [0.4, 0.5) is 9.59 Å². The van der Waals surface area contributed by atoms with Gasteiger partial charge in [-0.25, -0.2) is 9.59 Å². The van der Waals surface area contributed by atoms with Crippen molar-refractivity contribution in [1.29, 1.82) is 0 Å². The van der Waals surface area contributed by atoms with Gasteiger partial charge in [-0.3, -0.25) is 4.90 Å². The maximum Gasteiger partial charge on any atom is 0.507 e. The normalized spacial score (nSPS) is 18.3. The average molecular weight is 447 g/mol. The molecule has 0 unspecified atom stereocenters. The minimum atomic E-state index is -1.45. The van der Waals surface area contributed by atoms with Crippen LogP contribution in [0.3, 0.4) is 0 Å². The number of para-hydroxylation sites is 2. The highest BCUT2D eigenvalue weighted by Gasteiger charge is 2.45. The molecule has 8 heteroatoms. The second-order valence-corrected chi connectivity index (χ2v) is 9.19. The van der Waals surface area contributed by atoms with Crippen molar-refractivity contribution < 1.29 is 24.2 Å². The second-order valence-electron chi connectivity index (χ2n) is 9.19. The number of rotatable bonds is 2. The Balaban J connectivity index is 1.76. The van der Waals surface area contributed by atoms with E-state index >= 15 is 0 Å². The predicted octanol–water partition coefficient (Wildman–Crippen LogP) is 5.55. The summed E-state index contributed by atoms with van der Waals surface area (Å²) in [6.07, 6.45) is -1.08. The first-order valence-corrected chi connectivity index (χ1v) is 10.8. The molecule has 0 saturated heterocycles. The van der Waals surface area contributed by atoms with Crippen LogP contribution in [0.15, 0.2) is 54.7 Å². The molecule has 5 rings (SSSR count). The molecule has 0 saturated carbocycles. The number of hydrogen-bond donors (Lipinski definition) is 3. The summed E-state index contributed by atoms with van der Waals surface area (Å²) in [5.74, 6) is 0. The Morgan fingerprint density at radius 2 is 1.70 bits per heavy atom. The number of aromatic amines is 2. The summed E-state index contributed by atoms with van der Waals surface area (Å²) in [7, 11) is 0. The van der Waals surface area contributed by atoms with Crippen molar-refractivity contribution in [2.45, 2.75) is 45.1 Å². The smallest absolute Gasteiger partial charge is 0.450 e. The molecule has 0 radical (unpaired) electrons. The van der Waals surface area contributed by atoms with Crippen LogP contribution in [0.1, 0.15) is 43.6 Å². The van der Waals surface area contributed by atoms with Gasteiger partial charge in [0.25, 0.3) is 0 Å². The number of benzene rings is 2. The fourth-order valence-electron chi connectivity index (χ4n) is 4.63. The molecular weight excluding hydrogens is 422 g/mol. The third kappa shape index (κ3) is 3.67. The van der Waals surface area contributed by atoms with Crippen LogP contribution in [0, 0.1) is 0 Å². The van der Waals surface area contributed by atoms with Gasteiger partial charge < -0.3 is 24.5 Å². The van der Waals surface area contributed by atoms with Gasteiger partial charge in [-0.15, -0.1) is 0 Å². The van der Waals surface area contributed by atoms with Crippen molar-refractivity contribution >= 4 is 34.1 Å². The maximum atomic E-state index is 13.5. The zero-order valence-corrected chi connectivity index (χ0v) is 18.6. The molecule has 3 N–H and O–H groups in total. The standard InChI is InChI=1S/C25H25N3O5/c1-25(2,3)33-23(29)28-20(32-24(30)31)12-16-14-8-5-7-11-19(14)27-21(16)22(28)17-13-26-18-10-6-4-9-15(17)18/h4-11,13,20,22,26-27H,12H2,1-3H3,(H,30,31)/t20-,22+/m1/s1. The molecule has 3 heterocycles. The lowest BCUT2D eigenvalue weighted by atomic mass is 9.91. The fraction of sp³-hybridized carbons (Fsp3) is 0.280. The molecule has 170 valence electrons. The summed E-state index contributed by atoms with van der Waals surface area (Å²) >= 11 is 0. The lowest BCUT2D eigenvalue weighted by Gasteiger charge is -2.41. The van der Waals surface area contributed by atoms with Crippen molar-refractivity contribution in [3.05, 3.63) is 71.5 Å². The Morgan fingerprint density at radius 1 is 1.03 bits per heavy atom. The van der Waals surface area contributed by atoms with E-state index in [2.05, 4.69) is 9.97 Å². The van der Waals surface area contributed by atoms with Crippen molar-refractivity contribution in [3.63, 3.8) is 0 Å². The Morgan fingerprint density at radius 3 is 2.39 bits per heavy atom. The molecule has 4 aromatic rings. The number of nitrogens with one attached hydrogen (secondary N) is 2. The second kappa shape index (κ2) is 7.58. The van der Waals surface area contributed by atoms with Crippen molar-refractivity contribution in [2.24, 2.45) is 0 Å². The van der Waals surface area contributed by atoms with Crippen molar-refractivity contribution in [2.75, 3.05) is 0 Å². The molecule has 2 aromatic carbocycles. The third-order valence-electron chi connectivity index (χ3n) is 5.84. The zero-order chi connectivity index (χ0) is 23.3. The maximum absolute atomic E-state index is 13.5. The first-order valence-electron chi connectivity index (χ1n) is 10.8. The molecule has 0 spiro atoms. The van der Waals surface area contributed by atoms with Crippen LogP contribution in [0.2, 0.25) is 0 Å². The van der Waals surface area contributed by atoms with Crippen LogP contribution in [0.5, 0.6) is 0 Å². The minimum absolute atomic E-state index is 0.212. The van der Waals surface area contributed by atoms with Crippen LogP contribution in [0.25, 0.3) is 21.8 Å². The summed E-state index contributed by atoms with van der Waals surface area (Å²) in [6.45, 7) is 5.32. The molecule has 1 aliphatic rings. The van der Waals surface area contributed by atoms with E-state index in [9.17, 15) is 14.7 Å². The topological polar surface area (TPSA) is 108 Å². The van der Waals surface area contributed by atoms with E-state index in [4.69, 9.17) is 9.47 Å². The number of aromatic nitrogens is 2. The lowest BCUT2D eigenvalue weighted by Crippen LogP contribution is -2.51. The van der Waals surface area contributed by atoms with E-state index in [0.29, 0.717) is 0 Å². The van der Waals surface area contributed by atoms with E-state index in [0.717, 1.165) is 38.6 Å². The first-order chi connectivity index (χ1) is 15.7. The molecule has 2 atom stereocenters. The first kappa shape index (κ1) is 20.9. The van der Waals surface area contributed by atoms with Crippen LogP contribution in [-0.4, -0.2) is 44.1 Å². The number of fused-ring (bicyclic) bond motifs is 4. The van der Waals surface area contributed by atoms with Gasteiger partial charge >= 0.3 is 12.2 Å². The number of nitrogens with zero attached hydrogens (tertiary/aromatic N) is 1. The third-order valence-corrected chi connectivity index (χ3v) is 5.84. The van der Waals surface area contributed by atoms with Crippen molar-refractivity contribution in [1.82, 2.24) is 14.9 Å². The van der Waals surface area contributed by atoms with E-state index in [1.54, 1.807) is 20.8 Å². The number of ether oxygens (including phenoxy) is 2. The molecule has 8 nitrogen and oxygen atoms in total. The van der Waals surface area contributed by atoms with Gasteiger partial charge in [0.15, 0.2) is 6.23 Å². The molecular formula is C25H25N3O5. The quantitative estimate of drug-likeness (QED) is 0.349. The Labute approximate surface area is 190 Å². The van der Waals surface area contributed by atoms with Gasteiger partial charge in [0, 0.05) is 45.7 Å². The highest BCUT2D eigenvalue weighted by molar-refractivity contribution is 5.89. The summed E-state index contributed by atoms with van der Waals surface area (Å²) < 4.78 is 11.0.